The maximum absolute atomic E-state index is 9.66. The number of phenols is 2. The molecule has 2 nitrogen and oxygen atoms in total. The molecule has 2 heteroatoms. The standard InChI is InChI=1S/C15H16O2/c1-10-3-5-12(6-4-10)9-13-7-8-14(16)15(17)11(13)2/h3-8,16-17H,9H2,1-2H3. The van der Waals surface area contributed by atoms with Crippen molar-refractivity contribution >= 4 is 0 Å². The quantitative estimate of drug-likeness (QED) is 0.774. The Balaban J connectivity index is 2.30. The minimum atomic E-state index is -0.0600. The summed E-state index contributed by atoms with van der Waals surface area (Å²) in [6, 6.07) is 11.7. The van der Waals surface area contributed by atoms with Crippen molar-refractivity contribution < 1.29 is 10.2 Å². The molecule has 0 spiro atoms. The van der Waals surface area contributed by atoms with E-state index < -0.39 is 0 Å². The van der Waals surface area contributed by atoms with Crippen molar-refractivity contribution in [3.05, 3.63) is 58.7 Å². The molecule has 0 heterocycles. The van der Waals surface area contributed by atoms with Crippen molar-refractivity contribution in [3.8, 4) is 11.5 Å². The van der Waals surface area contributed by atoms with E-state index >= 15 is 0 Å². The highest BCUT2D eigenvalue weighted by molar-refractivity contribution is 5.49. The Labute approximate surface area is 101 Å². The van der Waals surface area contributed by atoms with Crippen LogP contribution in [0.15, 0.2) is 36.4 Å². The molecule has 0 aliphatic rings. The van der Waals surface area contributed by atoms with Crippen molar-refractivity contribution in [1.82, 2.24) is 0 Å². The Morgan fingerprint density at radius 2 is 1.53 bits per heavy atom. The molecule has 0 saturated heterocycles. The molecule has 0 aliphatic carbocycles. The monoisotopic (exact) mass is 228 g/mol. The van der Waals surface area contributed by atoms with Crippen LogP contribution in [0.2, 0.25) is 0 Å². The number of aromatic hydroxyl groups is 2. The predicted octanol–water partition coefficient (Wildman–Crippen LogP) is 3.31. The number of phenolic OH excluding ortho intramolecular Hbond substituents is 2. The second kappa shape index (κ2) is 4.50. The van der Waals surface area contributed by atoms with E-state index in [4.69, 9.17) is 0 Å². The zero-order valence-electron chi connectivity index (χ0n) is 10.1. The Hall–Kier alpha value is -1.96. The van der Waals surface area contributed by atoms with Crippen LogP contribution in [0.5, 0.6) is 11.5 Å². The van der Waals surface area contributed by atoms with Crippen molar-refractivity contribution in [3.63, 3.8) is 0 Å². The van der Waals surface area contributed by atoms with E-state index in [1.807, 2.05) is 13.0 Å². The lowest BCUT2D eigenvalue weighted by Crippen LogP contribution is -1.92. The van der Waals surface area contributed by atoms with E-state index in [2.05, 4.69) is 31.2 Å². The molecule has 0 aliphatic heterocycles. The van der Waals surface area contributed by atoms with Crippen LogP contribution in [0.25, 0.3) is 0 Å². The van der Waals surface area contributed by atoms with Crippen molar-refractivity contribution in [1.29, 1.82) is 0 Å². The van der Waals surface area contributed by atoms with Gasteiger partial charge in [0.1, 0.15) is 0 Å². The van der Waals surface area contributed by atoms with Crippen LogP contribution in [0.3, 0.4) is 0 Å². The van der Waals surface area contributed by atoms with Crippen molar-refractivity contribution in [2.24, 2.45) is 0 Å². The normalized spacial score (nSPS) is 10.5. The second-order valence-corrected chi connectivity index (χ2v) is 4.38. The maximum atomic E-state index is 9.66. The summed E-state index contributed by atoms with van der Waals surface area (Å²) in [6.07, 6.45) is 0.764. The predicted molar refractivity (Wildman–Crippen MR) is 68.5 cm³/mol. The highest BCUT2D eigenvalue weighted by Gasteiger charge is 2.08. The summed E-state index contributed by atoms with van der Waals surface area (Å²) < 4.78 is 0. The van der Waals surface area contributed by atoms with Crippen LogP contribution < -0.4 is 0 Å². The molecule has 88 valence electrons. The molecule has 0 amide bonds. The molecular weight excluding hydrogens is 212 g/mol. The molecule has 0 aromatic heterocycles. The zero-order chi connectivity index (χ0) is 12.4. The van der Waals surface area contributed by atoms with Gasteiger partial charge in [-0.15, -0.1) is 0 Å². The SMILES string of the molecule is Cc1ccc(Cc2ccc(O)c(O)c2C)cc1. The van der Waals surface area contributed by atoms with Gasteiger partial charge in [0, 0.05) is 0 Å². The number of rotatable bonds is 2. The third-order valence-corrected chi connectivity index (χ3v) is 3.04. The molecule has 2 N–H and O–H groups in total. The lowest BCUT2D eigenvalue weighted by molar-refractivity contribution is 0.400. The minimum absolute atomic E-state index is 0.0189. The van der Waals surface area contributed by atoms with Gasteiger partial charge in [-0.3, -0.25) is 0 Å². The third kappa shape index (κ3) is 2.41. The minimum Gasteiger partial charge on any atom is -0.504 e. The van der Waals surface area contributed by atoms with Crippen LogP contribution in [-0.4, -0.2) is 10.2 Å². The van der Waals surface area contributed by atoms with E-state index in [9.17, 15) is 10.2 Å². The molecule has 2 rings (SSSR count). The fourth-order valence-electron chi connectivity index (χ4n) is 1.85. The van der Waals surface area contributed by atoms with Crippen LogP contribution >= 0.6 is 0 Å². The average molecular weight is 228 g/mol. The lowest BCUT2D eigenvalue weighted by atomic mass is 9.99. The Kier molecular flexibility index (Phi) is 3.05. The molecule has 0 radical (unpaired) electrons. The zero-order valence-corrected chi connectivity index (χ0v) is 10.1. The van der Waals surface area contributed by atoms with Crippen LogP contribution in [0, 0.1) is 13.8 Å². The Bertz CT molecular complexity index is 527. The van der Waals surface area contributed by atoms with Crippen molar-refractivity contribution in [2.45, 2.75) is 20.3 Å². The number of aryl methyl sites for hydroxylation is 1. The second-order valence-electron chi connectivity index (χ2n) is 4.38. The van der Waals surface area contributed by atoms with Gasteiger partial charge in [-0.2, -0.15) is 0 Å². The van der Waals surface area contributed by atoms with Crippen LogP contribution in [0.4, 0.5) is 0 Å². The number of hydrogen-bond donors (Lipinski definition) is 2. The van der Waals surface area contributed by atoms with E-state index in [0.717, 1.165) is 17.5 Å². The summed E-state index contributed by atoms with van der Waals surface area (Å²) in [4.78, 5) is 0. The summed E-state index contributed by atoms with van der Waals surface area (Å²) in [7, 11) is 0. The van der Waals surface area contributed by atoms with E-state index in [1.54, 1.807) is 0 Å². The first-order valence-electron chi connectivity index (χ1n) is 5.64. The third-order valence-electron chi connectivity index (χ3n) is 3.04. The molecule has 0 saturated carbocycles. The van der Waals surface area contributed by atoms with Gasteiger partial charge in [-0.1, -0.05) is 35.9 Å². The first-order valence-corrected chi connectivity index (χ1v) is 5.64. The van der Waals surface area contributed by atoms with Crippen LogP contribution in [-0.2, 0) is 6.42 Å². The van der Waals surface area contributed by atoms with Gasteiger partial charge in [-0.05, 0) is 43.0 Å². The largest absolute Gasteiger partial charge is 0.504 e. The lowest BCUT2D eigenvalue weighted by Gasteiger charge is -2.09. The summed E-state index contributed by atoms with van der Waals surface area (Å²) in [6.45, 7) is 3.87. The topological polar surface area (TPSA) is 40.5 Å². The Morgan fingerprint density at radius 3 is 2.18 bits per heavy atom. The molecule has 0 unspecified atom stereocenters. The van der Waals surface area contributed by atoms with Gasteiger partial charge in [0.2, 0.25) is 0 Å². The first kappa shape index (κ1) is 11.5. The molecule has 17 heavy (non-hydrogen) atoms. The van der Waals surface area contributed by atoms with Gasteiger partial charge in [-0.25, -0.2) is 0 Å². The highest BCUT2D eigenvalue weighted by atomic mass is 16.3. The van der Waals surface area contributed by atoms with E-state index in [-0.39, 0.29) is 11.5 Å². The molecule has 2 aromatic carbocycles. The summed E-state index contributed by atoms with van der Waals surface area (Å²) in [5.74, 6) is -0.0789. The van der Waals surface area contributed by atoms with E-state index in [1.165, 1.54) is 17.2 Å². The fraction of sp³-hybridized carbons (Fsp3) is 0.200. The number of hydrogen-bond acceptors (Lipinski definition) is 2. The smallest absolute Gasteiger partial charge is 0.160 e. The average Bonchev–Trinajstić information content (AvgIpc) is 2.33. The fourth-order valence-corrected chi connectivity index (χ4v) is 1.85. The van der Waals surface area contributed by atoms with E-state index in [0.29, 0.717) is 0 Å². The molecule has 2 aromatic rings. The maximum Gasteiger partial charge on any atom is 0.160 e. The molecule has 0 bridgehead atoms. The van der Waals surface area contributed by atoms with Gasteiger partial charge in [0.15, 0.2) is 11.5 Å². The highest BCUT2D eigenvalue weighted by Crippen LogP contribution is 2.31. The van der Waals surface area contributed by atoms with Gasteiger partial charge < -0.3 is 10.2 Å². The molecule has 0 fully saturated rings. The van der Waals surface area contributed by atoms with Gasteiger partial charge in [0.25, 0.3) is 0 Å². The molecule has 0 atom stereocenters. The van der Waals surface area contributed by atoms with Gasteiger partial charge in [0.05, 0.1) is 0 Å². The summed E-state index contributed by atoms with van der Waals surface area (Å²) in [5.41, 5.74) is 4.21. The number of benzene rings is 2. The summed E-state index contributed by atoms with van der Waals surface area (Å²) in [5, 5.41) is 19.0. The summed E-state index contributed by atoms with van der Waals surface area (Å²) >= 11 is 0. The first-order chi connectivity index (χ1) is 8.08. The Morgan fingerprint density at radius 1 is 0.882 bits per heavy atom. The van der Waals surface area contributed by atoms with Crippen molar-refractivity contribution in [2.75, 3.05) is 0 Å². The van der Waals surface area contributed by atoms with Gasteiger partial charge >= 0.3 is 0 Å². The van der Waals surface area contributed by atoms with Crippen LogP contribution in [0.1, 0.15) is 22.3 Å². The molecular formula is C15H16O2.